The van der Waals surface area contributed by atoms with E-state index >= 15 is 0 Å². The van der Waals surface area contributed by atoms with Crippen molar-refractivity contribution < 1.29 is 4.74 Å². The van der Waals surface area contributed by atoms with Gasteiger partial charge >= 0.3 is 0 Å². The maximum atomic E-state index is 8.63. The number of anilines is 1. The van der Waals surface area contributed by atoms with Gasteiger partial charge in [0.15, 0.2) is 5.11 Å². The molecule has 5 heteroatoms. The second-order valence-corrected chi connectivity index (χ2v) is 3.47. The van der Waals surface area contributed by atoms with E-state index in [2.05, 4.69) is 16.7 Å². The van der Waals surface area contributed by atoms with Crippen molar-refractivity contribution in [2.24, 2.45) is 0 Å². The fraction of sp³-hybridized carbons (Fsp3) is 0.273. The molecule has 0 amide bonds. The van der Waals surface area contributed by atoms with E-state index in [0.717, 1.165) is 5.69 Å². The Labute approximate surface area is 100 Å². The van der Waals surface area contributed by atoms with Crippen LogP contribution in [0.1, 0.15) is 5.56 Å². The van der Waals surface area contributed by atoms with Gasteiger partial charge in [-0.05, 0) is 36.5 Å². The second kappa shape index (κ2) is 6.77. The standard InChI is InChI=1S/C11H13N3OS/c1-15-7-6-13-11(16)14-10-4-2-9(8-12)3-5-10/h2-5H,6-7H2,1H3,(H2,13,14,16). The molecule has 0 aliphatic heterocycles. The van der Waals surface area contributed by atoms with Crippen molar-refractivity contribution in [1.82, 2.24) is 5.32 Å². The van der Waals surface area contributed by atoms with Gasteiger partial charge in [-0.2, -0.15) is 5.26 Å². The molecular formula is C11H13N3OS. The number of nitrogens with zero attached hydrogens (tertiary/aromatic N) is 1. The molecular weight excluding hydrogens is 222 g/mol. The van der Waals surface area contributed by atoms with Crippen LogP contribution in [-0.2, 0) is 4.74 Å². The molecule has 0 bridgehead atoms. The molecule has 0 aromatic heterocycles. The van der Waals surface area contributed by atoms with E-state index in [1.54, 1.807) is 19.2 Å². The van der Waals surface area contributed by atoms with Crippen LogP contribution in [0.4, 0.5) is 5.69 Å². The summed E-state index contributed by atoms with van der Waals surface area (Å²) in [5, 5.41) is 15.2. The van der Waals surface area contributed by atoms with Crippen molar-refractivity contribution in [2.75, 3.05) is 25.6 Å². The smallest absolute Gasteiger partial charge is 0.170 e. The van der Waals surface area contributed by atoms with Crippen LogP contribution in [0.2, 0.25) is 0 Å². The van der Waals surface area contributed by atoms with Crippen molar-refractivity contribution >= 4 is 23.0 Å². The Kier molecular flexibility index (Phi) is 5.26. The molecule has 4 nitrogen and oxygen atoms in total. The lowest BCUT2D eigenvalue weighted by molar-refractivity contribution is 0.204. The average Bonchev–Trinajstić information content (AvgIpc) is 2.30. The number of hydrogen-bond donors (Lipinski definition) is 2. The minimum absolute atomic E-state index is 0.543. The van der Waals surface area contributed by atoms with E-state index in [9.17, 15) is 0 Å². The molecule has 0 aliphatic rings. The molecule has 0 aliphatic carbocycles. The van der Waals surface area contributed by atoms with Crippen LogP contribution >= 0.6 is 12.2 Å². The fourth-order valence-electron chi connectivity index (χ4n) is 1.07. The Hall–Kier alpha value is -1.64. The number of methoxy groups -OCH3 is 1. The van der Waals surface area contributed by atoms with E-state index in [1.807, 2.05) is 12.1 Å². The normalized spacial score (nSPS) is 9.25. The lowest BCUT2D eigenvalue weighted by atomic mass is 10.2. The number of ether oxygens (including phenoxy) is 1. The summed E-state index contributed by atoms with van der Waals surface area (Å²) in [6, 6.07) is 9.15. The molecule has 2 N–H and O–H groups in total. The first-order valence-electron chi connectivity index (χ1n) is 4.80. The monoisotopic (exact) mass is 235 g/mol. The van der Waals surface area contributed by atoms with Crippen LogP contribution in [0, 0.1) is 11.3 Å². The molecule has 1 rings (SSSR count). The van der Waals surface area contributed by atoms with Crippen molar-refractivity contribution in [3.8, 4) is 6.07 Å². The van der Waals surface area contributed by atoms with Gasteiger partial charge in [0.25, 0.3) is 0 Å². The molecule has 0 radical (unpaired) electrons. The Morgan fingerprint density at radius 1 is 1.44 bits per heavy atom. The van der Waals surface area contributed by atoms with Gasteiger partial charge in [0.1, 0.15) is 0 Å². The molecule has 0 fully saturated rings. The number of nitrogens with one attached hydrogen (secondary N) is 2. The number of hydrogen-bond acceptors (Lipinski definition) is 3. The largest absolute Gasteiger partial charge is 0.383 e. The molecule has 0 atom stereocenters. The highest BCUT2D eigenvalue weighted by Gasteiger charge is 1.96. The van der Waals surface area contributed by atoms with Gasteiger partial charge in [-0.1, -0.05) is 0 Å². The van der Waals surface area contributed by atoms with Crippen LogP contribution in [0.25, 0.3) is 0 Å². The maximum absolute atomic E-state index is 8.63. The van der Waals surface area contributed by atoms with Gasteiger partial charge in [0, 0.05) is 19.3 Å². The zero-order valence-electron chi connectivity index (χ0n) is 8.99. The number of thiocarbonyl (C=S) groups is 1. The van der Waals surface area contributed by atoms with Gasteiger partial charge in [-0.15, -0.1) is 0 Å². The first-order chi connectivity index (χ1) is 7.76. The third-order valence-corrected chi connectivity index (χ3v) is 2.11. The highest BCUT2D eigenvalue weighted by Crippen LogP contribution is 2.08. The van der Waals surface area contributed by atoms with E-state index in [-0.39, 0.29) is 0 Å². The molecule has 0 spiro atoms. The minimum Gasteiger partial charge on any atom is -0.383 e. The van der Waals surface area contributed by atoms with Crippen LogP contribution in [0.15, 0.2) is 24.3 Å². The molecule has 1 aromatic carbocycles. The summed E-state index contributed by atoms with van der Waals surface area (Å²) in [4.78, 5) is 0. The van der Waals surface area contributed by atoms with E-state index in [4.69, 9.17) is 22.2 Å². The third-order valence-electron chi connectivity index (χ3n) is 1.86. The summed E-state index contributed by atoms with van der Waals surface area (Å²) >= 11 is 5.07. The first-order valence-corrected chi connectivity index (χ1v) is 5.21. The quantitative estimate of drug-likeness (QED) is 0.611. The Morgan fingerprint density at radius 2 is 2.12 bits per heavy atom. The van der Waals surface area contributed by atoms with Gasteiger partial charge in [-0.3, -0.25) is 0 Å². The topological polar surface area (TPSA) is 57.1 Å². The fourth-order valence-corrected chi connectivity index (χ4v) is 1.29. The first kappa shape index (κ1) is 12.4. The number of rotatable bonds is 4. The van der Waals surface area contributed by atoms with Gasteiger partial charge in [-0.25, -0.2) is 0 Å². The zero-order valence-corrected chi connectivity index (χ0v) is 9.80. The van der Waals surface area contributed by atoms with Gasteiger partial charge in [0.2, 0.25) is 0 Å². The van der Waals surface area contributed by atoms with Crippen LogP contribution in [0.3, 0.4) is 0 Å². The summed E-state index contributed by atoms with van der Waals surface area (Å²) < 4.78 is 4.89. The Bertz CT molecular complexity index is 383. The highest BCUT2D eigenvalue weighted by atomic mass is 32.1. The predicted molar refractivity (Wildman–Crippen MR) is 67.3 cm³/mol. The van der Waals surface area contributed by atoms with Crippen molar-refractivity contribution in [2.45, 2.75) is 0 Å². The van der Waals surface area contributed by atoms with E-state index in [0.29, 0.717) is 23.8 Å². The molecule has 0 saturated carbocycles. The van der Waals surface area contributed by atoms with Crippen molar-refractivity contribution in [3.63, 3.8) is 0 Å². The van der Waals surface area contributed by atoms with Crippen LogP contribution in [-0.4, -0.2) is 25.4 Å². The summed E-state index contributed by atoms with van der Waals surface area (Å²) in [6.07, 6.45) is 0. The van der Waals surface area contributed by atoms with E-state index < -0.39 is 0 Å². The summed E-state index contributed by atoms with van der Waals surface area (Å²) in [5.74, 6) is 0. The lowest BCUT2D eigenvalue weighted by Crippen LogP contribution is -2.31. The zero-order chi connectivity index (χ0) is 11.8. The van der Waals surface area contributed by atoms with Gasteiger partial charge < -0.3 is 15.4 Å². The third kappa shape index (κ3) is 4.26. The lowest BCUT2D eigenvalue weighted by Gasteiger charge is -2.09. The highest BCUT2D eigenvalue weighted by molar-refractivity contribution is 7.80. The Balaban J connectivity index is 2.41. The summed E-state index contributed by atoms with van der Waals surface area (Å²) in [7, 11) is 1.64. The molecule has 1 aromatic rings. The minimum atomic E-state index is 0.543. The molecule has 84 valence electrons. The van der Waals surface area contributed by atoms with Crippen molar-refractivity contribution in [3.05, 3.63) is 29.8 Å². The molecule has 16 heavy (non-hydrogen) atoms. The number of nitriles is 1. The average molecular weight is 235 g/mol. The number of benzene rings is 1. The second-order valence-electron chi connectivity index (χ2n) is 3.06. The predicted octanol–water partition coefficient (Wildman–Crippen LogP) is 1.49. The SMILES string of the molecule is COCCNC(=S)Nc1ccc(C#N)cc1. The van der Waals surface area contributed by atoms with Crippen molar-refractivity contribution in [1.29, 1.82) is 5.26 Å². The summed E-state index contributed by atoms with van der Waals surface area (Å²) in [5.41, 5.74) is 1.48. The molecule has 0 saturated heterocycles. The van der Waals surface area contributed by atoms with Crippen LogP contribution < -0.4 is 10.6 Å². The Morgan fingerprint density at radius 3 is 2.69 bits per heavy atom. The maximum Gasteiger partial charge on any atom is 0.170 e. The molecule has 0 heterocycles. The van der Waals surface area contributed by atoms with Crippen LogP contribution in [0.5, 0.6) is 0 Å². The molecule has 0 unspecified atom stereocenters. The van der Waals surface area contributed by atoms with Gasteiger partial charge in [0.05, 0.1) is 18.2 Å². The van der Waals surface area contributed by atoms with E-state index in [1.165, 1.54) is 0 Å². The summed E-state index contributed by atoms with van der Waals surface area (Å²) in [6.45, 7) is 1.27.